The van der Waals surface area contributed by atoms with Gasteiger partial charge in [-0.2, -0.15) is 0 Å². The topological polar surface area (TPSA) is 78.9 Å². The molecule has 0 amide bonds. The molecule has 2 aromatic heterocycles. The first-order valence-electron chi connectivity index (χ1n) is 6.70. The van der Waals surface area contributed by atoms with Crippen molar-refractivity contribution in [3.8, 4) is 5.75 Å². The lowest BCUT2D eigenvalue weighted by Crippen LogP contribution is -1.95. The highest BCUT2D eigenvalue weighted by Crippen LogP contribution is 2.20. The molecule has 0 saturated carbocycles. The van der Waals surface area contributed by atoms with Crippen LogP contribution >= 0.6 is 11.8 Å². The minimum absolute atomic E-state index is 0.255. The van der Waals surface area contributed by atoms with Gasteiger partial charge in [-0.3, -0.25) is 0 Å². The largest absolute Gasteiger partial charge is 0.484 e. The Bertz CT molecular complexity index is 741. The van der Waals surface area contributed by atoms with Gasteiger partial charge in [0.25, 0.3) is 5.89 Å². The number of aromatic nitrogens is 5. The Morgan fingerprint density at radius 1 is 1.09 bits per heavy atom. The van der Waals surface area contributed by atoms with E-state index in [1.165, 1.54) is 11.8 Å². The summed E-state index contributed by atoms with van der Waals surface area (Å²) in [6.45, 7) is 2.16. The number of hydrogen-bond acceptors (Lipinski definition) is 7. The van der Waals surface area contributed by atoms with Gasteiger partial charge in [0.1, 0.15) is 11.6 Å². The highest BCUT2D eigenvalue weighted by atomic mass is 32.2. The van der Waals surface area contributed by atoms with Crippen molar-refractivity contribution in [2.45, 2.75) is 24.4 Å². The van der Waals surface area contributed by atoms with E-state index in [9.17, 15) is 0 Å². The predicted octanol–water partition coefficient (Wildman–Crippen LogP) is 2.38. The zero-order chi connectivity index (χ0) is 15.4. The Labute approximate surface area is 131 Å². The van der Waals surface area contributed by atoms with Crippen molar-refractivity contribution in [3.63, 3.8) is 0 Å². The molecule has 3 rings (SSSR count). The molecule has 0 saturated heterocycles. The van der Waals surface area contributed by atoms with Crippen LogP contribution in [0.1, 0.15) is 17.6 Å². The fourth-order valence-electron chi connectivity index (χ4n) is 1.71. The van der Waals surface area contributed by atoms with Crippen LogP contribution in [0.4, 0.5) is 0 Å². The van der Waals surface area contributed by atoms with Crippen LogP contribution in [0, 0.1) is 6.92 Å². The van der Waals surface area contributed by atoms with E-state index in [0.29, 0.717) is 17.5 Å². The lowest BCUT2D eigenvalue weighted by atomic mass is 10.3. The molecule has 1 aromatic carbocycles. The number of thioether (sulfide) groups is 1. The predicted molar refractivity (Wildman–Crippen MR) is 80.4 cm³/mol. The molecule has 0 aliphatic heterocycles. The summed E-state index contributed by atoms with van der Waals surface area (Å²) in [5.74, 6) is 3.17. The van der Waals surface area contributed by atoms with Crippen molar-refractivity contribution in [3.05, 3.63) is 47.9 Å². The number of para-hydroxylation sites is 1. The molecule has 0 fully saturated rings. The van der Waals surface area contributed by atoms with E-state index in [-0.39, 0.29) is 6.61 Å². The van der Waals surface area contributed by atoms with E-state index < -0.39 is 0 Å². The molecule has 2 heterocycles. The maximum absolute atomic E-state index is 5.56. The molecule has 7 nitrogen and oxygen atoms in total. The second kappa shape index (κ2) is 6.61. The average molecular weight is 317 g/mol. The van der Waals surface area contributed by atoms with Crippen LogP contribution < -0.4 is 4.74 Å². The van der Waals surface area contributed by atoms with E-state index in [1.807, 2.05) is 48.9 Å². The Hall–Kier alpha value is -2.35. The van der Waals surface area contributed by atoms with E-state index in [4.69, 9.17) is 9.15 Å². The van der Waals surface area contributed by atoms with Crippen LogP contribution in [0.15, 0.2) is 39.9 Å². The van der Waals surface area contributed by atoms with Gasteiger partial charge in [0.05, 0.1) is 5.75 Å². The lowest BCUT2D eigenvalue weighted by Gasteiger charge is -2.01. The van der Waals surface area contributed by atoms with Crippen molar-refractivity contribution in [2.24, 2.45) is 7.05 Å². The Kier molecular flexibility index (Phi) is 4.38. The summed E-state index contributed by atoms with van der Waals surface area (Å²) in [5.41, 5.74) is 0. The van der Waals surface area contributed by atoms with E-state index in [2.05, 4.69) is 20.4 Å². The second-order valence-corrected chi connectivity index (χ2v) is 5.51. The van der Waals surface area contributed by atoms with Crippen LogP contribution in [0.5, 0.6) is 5.75 Å². The summed E-state index contributed by atoms with van der Waals surface area (Å²) in [4.78, 5) is 0. The molecule has 0 aliphatic rings. The molecular weight excluding hydrogens is 302 g/mol. The molecule has 8 heteroatoms. The molecule has 0 atom stereocenters. The minimum atomic E-state index is 0.255. The number of rotatable bonds is 6. The van der Waals surface area contributed by atoms with Gasteiger partial charge in [0.2, 0.25) is 5.89 Å². The number of ether oxygens (including phenoxy) is 1. The summed E-state index contributed by atoms with van der Waals surface area (Å²) in [7, 11) is 1.92. The van der Waals surface area contributed by atoms with Crippen molar-refractivity contribution in [2.75, 3.05) is 0 Å². The SMILES string of the molecule is Cc1nnc(SCc2nnc(COc3ccccc3)o2)n1C. The Balaban J connectivity index is 1.54. The standard InChI is InChI=1S/C14H15N5O2S/c1-10-15-18-14(19(10)2)22-9-13-17-16-12(21-13)8-20-11-6-4-3-5-7-11/h3-7H,8-9H2,1-2H3. The first-order chi connectivity index (χ1) is 10.7. The molecule has 0 N–H and O–H groups in total. The van der Waals surface area contributed by atoms with Crippen molar-refractivity contribution in [1.29, 1.82) is 0 Å². The third-order valence-corrected chi connectivity index (χ3v) is 4.00. The van der Waals surface area contributed by atoms with Crippen LogP contribution in [-0.4, -0.2) is 25.0 Å². The van der Waals surface area contributed by atoms with Gasteiger partial charge >= 0.3 is 0 Å². The summed E-state index contributed by atoms with van der Waals surface area (Å²) in [6, 6.07) is 9.51. The van der Waals surface area contributed by atoms with E-state index in [1.54, 1.807) is 0 Å². The Morgan fingerprint density at radius 3 is 2.59 bits per heavy atom. The molecule has 0 aliphatic carbocycles. The van der Waals surface area contributed by atoms with Crippen molar-refractivity contribution >= 4 is 11.8 Å². The molecule has 114 valence electrons. The van der Waals surface area contributed by atoms with Gasteiger partial charge < -0.3 is 13.7 Å². The molecule has 0 radical (unpaired) electrons. The number of benzene rings is 1. The monoisotopic (exact) mass is 317 g/mol. The molecule has 22 heavy (non-hydrogen) atoms. The molecular formula is C14H15N5O2S. The normalized spacial score (nSPS) is 10.8. The first kappa shape index (κ1) is 14.6. The minimum Gasteiger partial charge on any atom is -0.484 e. The third kappa shape index (κ3) is 3.45. The highest BCUT2D eigenvalue weighted by molar-refractivity contribution is 7.98. The van der Waals surface area contributed by atoms with E-state index >= 15 is 0 Å². The van der Waals surface area contributed by atoms with Crippen LogP contribution in [0.3, 0.4) is 0 Å². The van der Waals surface area contributed by atoms with Crippen LogP contribution in [0.2, 0.25) is 0 Å². The summed E-state index contributed by atoms with van der Waals surface area (Å²) in [6.07, 6.45) is 0. The summed E-state index contributed by atoms with van der Waals surface area (Å²) in [5, 5.41) is 16.9. The molecule has 0 unspecified atom stereocenters. The zero-order valence-electron chi connectivity index (χ0n) is 12.3. The number of nitrogens with zero attached hydrogens (tertiary/aromatic N) is 5. The molecule has 0 spiro atoms. The highest BCUT2D eigenvalue weighted by Gasteiger charge is 2.10. The number of hydrogen-bond donors (Lipinski definition) is 0. The maximum Gasteiger partial charge on any atom is 0.253 e. The van der Waals surface area contributed by atoms with Gasteiger partial charge in [-0.1, -0.05) is 30.0 Å². The molecule has 3 aromatic rings. The quantitative estimate of drug-likeness (QED) is 0.646. The summed E-state index contributed by atoms with van der Waals surface area (Å²) >= 11 is 1.50. The van der Waals surface area contributed by atoms with Gasteiger partial charge in [0, 0.05) is 7.05 Å². The Morgan fingerprint density at radius 2 is 1.86 bits per heavy atom. The summed E-state index contributed by atoms with van der Waals surface area (Å²) < 4.78 is 13.0. The third-order valence-electron chi connectivity index (χ3n) is 2.99. The van der Waals surface area contributed by atoms with Crippen molar-refractivity contribution in [1.82, 2.24) is 25.0 Å². The first-order valence-corrected chi connectivity index (χ1v) is 7.69. The van der Waals surface area contributed by atoms with E-state index in [0.717, 1.165) is 16.7 Å². The average Bonchev–Trinajstić information content (AvgIpc) is 3.13. The zero-order valence-corrected chi connectivity index (χ0v) is 13.1. The van der Waals surface area contributed by atoms with Gasteiger partial charge in [0.15, 0.2) is 11.8 Å². The maximum atomic E-state index is 5.56. The van der Waals surface area contributed by atoms with Gasteiger partial charge in [-0.15, -0.1) is 20.4 Å². The van der Waals surface area contributed by atoms with Crippen LogP contribution in [-0.2, 0) is 19.4 Å². The van der Waals surface area contributed by atoms with Crippen molar-refractivity contribution < 1.29 is 9.15 Å². The van der Waals surface area contributed by atoms with Crippen LogP contribution in [0.25, 0.3) is 0 Å². The smallest absolute Gasteiger partial charge is 0.253 e. The molecule has 0 bridgehead atoms. The lowest BCUT2D eigenvalue weighted by molar-refractivity contribution is 0.260. The van der Waals surface area contributed by atoms with Gasteiger partial charge in [-0.05, 0) is 19.1 Å². The fourth-order valence-corrected chi connectivity index (χ4v) is 2.50. The van der Waals surface area contributed by atoms with Gasteiger partial charge in [-0.25, -0.2) is 0 Å². The second-order valence-electron chi connectivity index (χ2n) is 4.57. The number of aryl methyl sites for hydroxylation is 1. The fraction of sp³-hybridized carbons (Fsp3) is 0.286.